The standard InChI is InChI=1S/C18H19N3O/c1-3-12(2)18(22)19-14-10-8-13(9-11-14)17-20-15-6-4-5-7-16(15)21-17/h4-12H,3H2,1-2H3,(H,19,22)(H,20,21)/t12-/m1/s1. The van der Waals surface area contributed by atoms with E-state index in [4.69, 9.17) is 0 Å². The molecule has 0 radical (unpaired) electrons. The first-order chi connectivity index (χ1) is 10.7. The number of benzene rings is 2. The van der Waals surface area contributed by atoms with E-state index in [1.807, 2.05) is 62.4 Å². The smallest absolute Gasteiger partial charge is 0.227 e. The van der Waals surface area contributed by atoms with Crippen LogP contribution >= 0.6 is 0 Å². The van der Waals surface area contributed by atoms with Crippen molar-refractivity contribution < 1.29 is 4.79 Å². The molecular formula is C18H19N3O. The van der Waals surface area contributed by atoms with Crippen molar-refractivity contribution >= 4 is 22.6 Å². The van der Waals surface area contributed by atoms with Crippen LogP contribution in [-0.2, 0) is 4.79 Å². The first kappa shape index (κ1) is 14.3. The minimum atomic E-state index is 0.0232. The average Bonchev–Trinajstić information content (AvgIpc) is 2.98. The minimum Gasteiger partial charge on any atom is -0.338 e. The molecule has 1 amide bonds. The number of anilines is 1. The van der Waals surface area contributed by atoms with Gasteiger partial charge in [0.15, 0.2) is 0 Å². The maximum Gasteiger partial charge on any atom is 0.227 e. The van der Waals surface area contributed by atoms with Gasteiger partial charge in [0.25, 0.3) is 0 Å². The minimum absolute atomic E-state index is 0.0232. The molecule has 3 aromatic rings. The van der Waals surface area contributed by atoms with Crippen molar-refractivity contribution in [2.24, 2.45) is 5.92 Å². The Morgan fingerprint density at radius 3 is 2.59 bits per heavy atom. The van der Waals surface area contributed by atoms with Gasteiger partial charge in [-0.05, 0) is 42.8 Å². The molecule has 0 aliphatic heterocycles. The Kier molecular flexibility index (Phi) is 3.92. The van der Waals surface area contributed by atoms with Gasteiger partial charge in [0.1, 0.15) is 5.82 Å². The van der Waals surface area contributed by atoms with Crippen molar-refractivity contribution in [1.82, 2.24) is 9.97 Å². The van der Waals surface area contributed by atoms with Crippen molar-refractivity contribution in [3.05, 3.63) is 48.5 Å². The Morgan fingerprint density at radius 2 is 1.91 bits per heavy atom. The number of carbonyl (C=O) groups excluding carboxylic acids is 1. The second kappa shape index (κ2) is 6.02. The monoisotopic (exact) mass is 293 g/mol. The Hall–Kier alpha value is -2.62. The predicted octanol–water partition coefficient (Wildman–Crippen LogP) is 4.21. The van der Waals surface area contributed by atoms with Gasteiger partial charge in [-0.2, -0.15) is 0 Å². The van der Waals surface area contributed by atoms with E-state index in [-0.39, 0.29) is 11.8 Å². The lowest BCUT2D eigenvalue weighted by Gasteiger charge is -2.10. The molecule has 22 heavy (non-hydrogen) atoms. The van der Waals surface area contributed by atoms with E-state index in [0.29, 0.717) is 0 Å². The van der Waals surface area contributed by atoms with Crippen LogP contribution < -0.4 is 5.32 Å². The van der Waals surface area contributed by atoms with Crippen LogP contribution in [0.25, 0.3) is 22.4 Å². The lowest BCUT2D eigenvalue weighted by Crippen LogP contribution is -2.19. The van der Waals surface area contributed by atoms with Crippen molar-refractivity contribution in [1.29, 1.82) is 0 Å². The summed E-state index contributed by atoms with van der Waals surface area (Å²) >= 11 is 0. The summed E-state index contributed by atoms with van der Waals surface area (Å²) in [6.07, 6.45) is 0.836. The van der Waals surface area contributed by atoms with E-state index in [1.165, 1.54) is 0 Å². The molecule has 4 nitrogen and oxygen atoms in total. The van der Waals surface area contributed by atoms with Gasteiger partial charge in [-0.3, -0.25) is 4.79 Å². The van der Waals surface area contributed by atoms with Crippen LogP contribution in [0.1, 0.15) is 20.3 Å². The number of amides is 1. The topological polar surface area (TPSA) is 57.8 Å². The molecule has 112 valence electrons. The van der Waals surface area contributed by atoms with Gasteiger partial charge in [0.2, 0.25) is 5.91 Å². The number of nitrogens with zero attached hydrogens (tertiary/aromatic N) is 1. The third kappa shape index (κ3) is 2.86. The van der Waals surface area contributed by atoms with E-state index < -0.39 is 0 Å². The number of imidazole rings is 1. The Bertz CT molecular complexity index is 756. The van der Waals surface area contributed by atoms with Gasteiger partial charge in [-0.25, -0.2) is 4.98 Å². The van der Waals surface area contributed by atoms with Gasteiger partial charge in [0.05, 0.1) is 11.0 Å². The van der Waals surface area contributed by atoms with Crippen LogP contribution in [0, 0.1) is 5.92 Å². The largest absolute Gasteiger partial charge is 0.338 e. The molecule has 3 rings (SSSR count). The number of rotatable bonds is 4. The van der Waals surface area contributed by atoms with Crippen LogP contribution in [0.4, 0.5) is 5.69 Å². The van der Waals surface area contributed by atoms with Crippen LogP contribution in [0.2, 0.25) is 0 Å². The molecule has 2 aromatic carbocycles. The highest BCUT2D eigenvalue weighted by Crippen LogP contribution is 2.22. The van der Waals surface area contributed by atoms with Crippen molar-refractivity contribution in [3.8, 4) is 11.4 Å². The molecule has 0 fully saturated rings. The first-order valence-electron chi connectivity index (χ1n) is 7.53. The van der Waals surface area contributed by atoms with Gasteiger partial charge in [-0.15, -0.1) is 0 Å². The van der Waals surface area contributed by atoms with Crippen LogP contribution in [0.3, 0.4) is 0 Å². The Balaban J connectivity index is 1.80. The van der Waals surface area contributed by atoms with Gasteiger partial charge in [0, 0.05) is 17.2 Å². The highest BCUT2D eigenvalue weighted by molar-refractivity contribution is 5.92. The number of H-pyrrole nitrogens is 1. The molecule has 0 saturated heterocycles. The van der Waals surface area contributed by atoms with E-state index in [1.54, 1.807) is 0 Å². The predicted molar refractivity (Wildman–Crippen MR) is 89.6 cm³/mol. The van der Waals surface area contributed by atoms with E-state index >= 15 is 0 Å². The maximum atomic E-state index is 11.9. The molecule has 4 heteroatoms. The molecule has 0 unspecified atom stereocenters. The molecule has 1 heterocycles. The highest BCUT2D eigenvalue weighted by atomic mass is 16.1. The number of hydrogen-bond donors (Lipinski definition) is 2. The van der Waals surface area contributed by atoms with Gasteiger partial charge in [-0.1, -0.05) is 26.0 Å². The second-order valence-electron chi connectivity index (χ2n) is 5.48. The maximum absolute atomic E-state index is 11.9. The number of carbonyl (C=O) groups is 1. The summed E-state index contributed by atoms with van der Waals surface area (Å²) < 4.78 is 0. The molecule has 2 N–H and O–H groups in total. The number of nitrogens with one attached hydrogen (secondary N) is 2. The lowest BCUT2D eigenvalue weighted by atomic mass is 10.1. The zero-order valence-electron chi connectivity index (χ0n) is 12.8. The fraction of sp³-hybridized carbons (Fsp3) is 0.222. The fourth-order valence-corrected chi connectivity index (χ4v) is 2.25. The van der Waals surface area contributed by atoms with Crippen LogP contribution in [0.5, 0.6) is 0 Å². The Labute approximate surface area is 129 Å². The number of hydrogen-bond acceptors (Lipinski definition) is 2. The number of aromatic nitrogens is 2. The van der Waals surface area contributed by atoms with Crippen molar-refractivity contribution in [3.63, 3.8) is 0 Å². The van der Waals surface area contributed by atoms with E-state index in [0.717, 1.165) is 34.5 Å². The number of aromatic amines is 1. The summed E-state index contributed by atoms with van der Waals surface area (Å²) in [5.74, 6) is 0.912. The fourth-order valence-electron chi connectivity index (χ4n) is 2.25. The quantitative estimate of drug-likeness (QED) is 0.757. The normalized spacial score (nSPS) is 12.3. The lowest BCUT2D eigenvalue weighted by molar-refractivity contribution is -0.119. The number of para-hydroxylation sites is 2. The molecule has 1 aromatic heterocycles. The summed E-state index contributed by atoms with van der Waals surface area (Å²) in [6.45, 7) is 3.94. The molecule has 0 aliphatic rings. The summed E-state index contributed by atoms with van der Waals surface area (Å²) in [5, 5.41) is 2.93. The third-order valence-electron chi connectivity index (χ3n) is 3.88. The first-order valence-corrected chi connectivity index (χ1v) is 7.53. The summed E-state index contributed by atoms with van der Waals surface area (Å²) in [4.78, 5) is 19.8. The zero-order valence-corrected chi connectivity index (χ0v) is 12.8. The average molecular weight is 293 g/mol. The van der Waals surface area contributed by atoms with Crippen LogP contribution in [-0.4, -0.2) is 15.9 Å². The molecule has 0 bridgehead atoms. The zero-order chi connectivity index (χ0) is 15.5. The third-order valence-corrected chi connectivity index (χ3v) is 3.88. The van der Waals surface area contributed by atoms with Gasteiger partial charge < -0.3 is 10.3 Å². The van der Waals surface area contributed by atoms with Crippen molar-refractivity contribution in [2.45, 2.75) is 20.3 Å². The summed E-state index contributed by atoms with van der Waals surface area (Å²) in [7, 11) is 0. The van der Waals surface area contributed by atoms with Crippen molar-refractivity contribution in [2.75, 3.05) is 5.32 Å². The summed E-state index contributed by atoms with van der Waals surface area (Å²) in [5.41, 5.74) is 3.78. The number of fused-ring (bicyclic) bond motifs is 1. The SMILES string of the molecule is CC[C@@H](C)C(=O)Nc1ccc(-c2nc3ccccc3[nH]2)cc1. The molecule has 0 saturated carbocycles. The Morgan fingerprint density at radius 1 is 1.18 bits per heavy atom. The van der Waals surface area contributed by atoms with E-state index in [9.17, 15) is 4.79 Å². The molecule has 1 atom stereocenters. The molecule has 0 spiro atoms. The highest BCUT2D eigenvalue weighted by Gasteiger charge is 2.10. The molecular weight excluding hydrogens is 274 g/mol. The van der Waals surface area contributed by atoms with Gasteiger partial charge >= 0.3 is 0 Å². The molecule has 0 aliphatic carbocycles. The second-order valence-corrected chi connectivity index (χ2v) is 5.48. The van der Waals surface area contributed by atoms with Crippen LogP contribution in [0.15, 0.2) is 48.5 Å². The summed E-state index contributed by atoms with van der Waals surface area (Å²) in [6, 6.07) is 15.7. The van der Waals surface area contributed by atoms with E-state index in [2.05, 4.69) is 15.3 Å².